The van der Waals surface area contributed by atoms with Crippen molar-refractivity contribution in [2.75, 3.05) is 13.6 Å². The van der Waals surface area contributed by atoms with E-state index in [0.717, 1.165) is 42.9 Å². The molecule has 1 atom stereocenters. The number of hydrogen-bond donors (Lipinski definition) is 1. The van der Waals surface area contributed by atoms with Crippen molar-refractivity contribution in [2.24, 2.45) is 5.73 Å². The standard InChI is InChI=1S/C15H27N3OS.2ClH/c1-11-15(20-13(3)17-11)12(2)18(4)14(19)9-7-5-6-8-10-16;;/h12H,5-10,16H2,1-4H3;2*1H. The lowest BCUT2D eigenvalue weighted by molar-refractivity contribution is -0.131. The Morgan fingerprint density at radius 3 is 2.32 bits per heavy atom. The molecule has 1 rings (SSSR count). The fourth-order valence-corrected chi connectivity index (χ4v) is 3.30. The first kappa shape index (κ1) is 23.9. The van der Waals surface area contributed by atoms with Gasteiger partial charge in [0.25, 0.3) is 0 Å². The van der Waals surface area contributed by atoms with Crippen molar-refractivity contribution < 1.29 is 4.79 Å². The van der Waals surface area contributed by atoms with Gasteiger partial charge in [0, 0.05) is 18.3 Å². The number of nitrogens with zero attached hydrogens (tertiary/aromatic N) is 2. The van der Waals surface area contributed by atoms with Crippen LogP contribution in [0.15, 0.2) is 0 Å². The van der Waals surface area contributed by atoms with Crippen LogP contribution in [0, 0.1) is 13.8 Å². The second-order valence-electron chi connectivity index (χ2n) is 5.32. The maximum absolute atomic E-state index is 12.2. The first-order chi connectivity index (χ1) is 9.47. The summed E-state index contributed by atoms with van der Waals surface area (Å²) < 4.78 is 0. The molecular weight excluding hydrogens is 341 g/mol. The van der Waals surface area contributed by atoms with Crippen LogP contribution in [0.2, 0.25) is 0 Å². The molecule has 22 heavy (non-hydrogen) atoms. The van der Waals surface area contributed by atoms with Crippen LogP contribution in [-0.4, -0.2) is 29.4 Å². The van der Waals surface area contributed by atoms with E-state index in [1.54, 1.807) is 11.3 Å². The summed E-state index contributed by atoms with van der Waals surface area (Å²) in [6.45, 7) is 6.84. The Balaban J connectivity index is 0. The SMILES string of the molecule is Cc1nc(C)c(C(C)N(C)C(=O)CCCCCCN)s1.Cl.Cl. The normalized spacial score (nSPS) is 11.3. The molecule has 0 fully saturated rings. The molecule has 1 aromatic heterocycles. The average Bonchev–Trinajstić information content (AvgIpc) is 2.75. The molecule has 0 aliphatic heterocycles. The molecule has 0 aliphatic rings. The number of aromatic nitrogens is 1. The minimum atomic E-state index is 0. The first-order valence-corrected chi connectivity index (χ1v) is 8.18. The zero-order valence-electron chi connectivity index (χ0n) is 13.9. The van der Waals surface area contributed by atoms with Crippen LogP contribution in [0.3, 0.4) is 0 Å². The molecular formula is C15H29Cl2N3OS. The van der Waals surface area contributed by atoms with E-state index in [0.29, 0.717) is 6.42 Å². The topological polar surface area (TPSA) is 59.2 Å². The van der Waals surface area contributed by atoms with Gasteiger partial charge in [-0.05, 0) is 40.2 Å². The molecule has 7 heteroatoms. The molecule has 0 saturated carbocycles. The third-order valence-electron chi connectivity index (χ3n) is 3.64. The molecule has 1 aromatic rings. The summed E-state index contributed by atoms with van der Waals surface area (Å²) >= 11 is 1.68. The first-order valence-electron chi connectivity index (χ1n) is 7.37. The van der Waals surface area contributed by atoms with Crippen molar-refractivity contribution in [2.45, 2.75) is 58.9 Å². The lowest BCUT2D eigenvalue weighted by Gasteiger charge is -2.24. The fourth-order valence-electron chi connectivity index (χ4n) is 2.28. The van der Waals surface area contributed by atoms with E-state index in [2.05, 4.69) is 11.9 Å². The second-order valence-corrected chi connectivity index (χ2v) is 6.55. The van der Waals surface area contributed by atoms with E-state index in [9.17, 15) is 4.79 Å². The van der Waals surface area contributed by atoms with Crippen LogP contribution in [0.4, 0.5) is 0 Å². The number of halogens is 2. The van der Waals surface area contributed by atoms with Crippen LogP contribution in [0.1, 0.15) is 60.6 Å². The summed E-state index contributed by atoms with van der Waals surface area (Å²) in [5, 5.41) is 1.06. The van der Waals surface area contributed by atoms with Gasteiger partial charge in [-0.1, -0.05) is 12.8 Å². The van der Waals surface area contributed by atoms with Crippen molar-refractivity contribution in [3.8, 4) is 0 Å². The highest BCUT2D eigenvalue weighted by atomic mass is 35.5. The van der Waals surface area contributed by atoms with Gasteiger partial charge in [0.05, 0.1) is 16.7 Å². The van der Waals surface area contributed by atoms with Gasteiger partial charge in [0.1, 0.15) is 0 Å². The lowest BCUT2D eigenvalue weighted by Crippen LogP contribution is -2.29. The summed E-state index contributed by atoms with van der Waals surface area (Å²) in [5.74, 6) is 0.218. The molecule has 1 unspecified atom stereocenters. The number of rotatable bonds is 8. The predicted molar refractivity (Wildman–Crippen MR) is 99.4 cm³/mol. The number of thiazole rings is 1. The maximum atomic E-state index is 12.2. The lowest BCUT2D eigenvalue weighted by atomic mass is 10.1. The van der Waals surface area contributed by atoms with E-state index in [1.165, 1.54) is 4.88 Å². The van der Waals surface area contributed by atoms with E-state index in [1.807, 2.05) is 25.8 Å². The highest BCUT2D eigenvalue weighted by Crippen LogP contribution is 2.28. The molecule has 4 nitrogen and oxygen atoms in total. The fraction of sp³-hybridized carbons (Fsp3) is 0.733. The van der Waals surface area contributed by atoms with Gasteiger partial charge in [-0.25, -0.2) is 4.98 Å². The molecule has 0 saturated heterocycles. The number of carbonyl (C=O) groups is 1. The van der Waals surface area contributed by atoms with Crippen molar-refractivity contribution >= 4 is 42.1 Å². The molecule has 0 spiro atoms. The zero-order chi connectivity index (χ0) is 15.1. The quantitative estimate of drug-likeness (QED) is 0.703. The largest absolute Gasteiger partial charge is 0.338 e. The zero-order valence-corrected chi connectivity index (χ0v) is 16.4. The Hall–Kier alpha value is -0.360. The minimum Gasteiger partial charge on any atom is -0.338 e. The summed E-state index contributed by atoms with van der Waals surface area (Å²) in [6.07, 6.45) is 4.85. The third-order valence-corrected chi connectivity index (χ3v) is 4.88. The average molecular weight is 370 g/mol. The predicted octanol–water partition coefficient (Wildman–Crippen LogP) is 4.03. The maximum Gasteiger partial charge on any atom is 0.222 e. The molecule has 0 radical (unpaired) electrons. The number of amides is 1. The molecule has 130 valence electrons. The van der Waals surface area contributed by atoms with Crippen molar-refractivity contribution in [1.29, 1.82) is 0 Å². The Bertz CT molecular complexity index is 440. The Kier molecular flexibility index (Phi) is 13.2. The molecule has 2 N–H and O–H groups in total. The minimum absolute atomic E-state index is 0. The van der Waals surface area contributed by atoms with E-state index in [-0.39, 0.29) is 36.8 Å². The monoisotopic (exact) mass is 369 g/mol. The van der Waals surface area contributed by atoms with Gasteiger partial charge < -0.3 is 10.6 Å². The highest BCUT2D eigenvalue weighted by Gasteiger charge is 2.20. The van der Waals surface area contributed by atoms with Crippen LogP contribution in [-0.2, 0) is 4.79 Å². The van der Waals surface area contributed by atoms with Gasteiger partial charge in [-0.15, -0.1) is 36.2 Å². The molecule has 1 heterocycles. The Labute approximate surface area is 150 Å². The number of aryl methyl sites for hydroxylation is 2. The number of hydrogen-bond acceptors (Lipinski definition) is 4. The number of unbranched alkanes of at least 4 members (excludes halogenated alkanes) is 3. The van der Waals surface area contributed by atoms with Gasteiger partial charge in [-0.2, -0.15) is 0 Å². The van der Waals surface area contributed by atoms with Gasteiger partial charge in [0.2, 0.25) is 5.91 Å². The molecule has 1 amide bonds. The highest BCUT2D eigenvalue weighted by molar-refractivity contribution is 7.11. The van der Waals surface area contributed by atoms with E-state index in [4.69, 9.17) is 5.73 Å². The summed E-state index contributed by atoms with van der Waals surface area (Å²) in [6, 6.07) is 0.109. The van der Waals surface area contributed by atoms with Crippen LogP contribution < -0.4 is 5.73 Å². The molecule has 0 aliphatic carbocycles. The molecule has 0 aromatic carbocycles. The number of carbonyl (C=O) groups excluding carboxylic acids is 1. The van der Waals surface area contributed by atoms with Crippen LogP contribution in [0.5, 0.6) is 0 Å². The number of nitrogens with two attached hydrogens (primary N) is 1. The van der Waals surface area contributed by atoms with Gasteiger partial charge >= 0.3 is 0 Å². The van der Waals surface area contributed by atoms with Gasteiger partial charge in [-0.3, -0.25) is 4.79 Å². The van der Waals surface area contributed by atoms with Crippen LogP contribution in [0.25, 0.3) is 0 Å². The second kappa shape index (κ2) is 12.1. The van der Waals surface area contributed by atoms with Gasteiger partial charge in [0.15, 0.2) is 0 Å². The Morgan fingerprint density at radius 2 is 1.82 bits per heavy atom. The van der Waals surface area contributed by atoms with Crippen molar-refractivity contribution in [3.63, 3.8) is 0 Å². The third kappa shape index (κ3) is 7.27. The summed E-state index contributed by atoms with van der Waals surface area (Å²) in [5.41, 5.74) is 6.50. The van der Waals surface area contributed by atoms with E-state index < -0.39 is 0 Å². The molecule has 0 bridgehead atoms. The summed E-state index contributed by atoms with van der Waals surface area (Å²) in [7, 11) is 1.89. The van der Waals surface area contributed by atoms with Crippen molar-refractivity contribution in [1.82, 2.24) is 9.88 Å². The Morgan fingerprint density at radius 1 is 1.23 bits per heavy atom. The smallest absolute Gasteiger partial charge is 0.222 e. The van der Waals surface area contributed by atoms with Crippen LogP contribution >= 0.6 is 36.2 Å². The van der Waals surface area contributed by atoms with Crippen molar-refractivity contribution in [3.05, 3.63) is 15.6 Å². The van der Waals surface area contributed by atoms with E-state index >= 15 is 0 Å². The summed E-state index contributed by atoms with van der Waals surface area (Å²) in [4.78, 5) is 19.7.